The van der Waals surface area contributed by atoms with Crippen LogP contribution in [0.5, 0.6) is 0 Å². The molecular formula is C17H26N2O3. The number of imide groups is 1. The zero-order valence-electron chi connectivity index (χ0n) is 14.1. The molecule has 2 N–H and O–H groups in total. The molecule has 5 heteroatoms. The first-order valence-corrected chi connectivity index (χ1v) is 7.36. The monoisotopic (exact) mass is 306 g/mol. The van der Waals surface area contributed by atoms with Gasteiger partial charge in [0.15, 0.2) is 0 Å². The molecular weight excluding hydrogens is 280 g/mol. The van der Waals surface area contributed by atoms with Crippen LogP contribution in [0.4, 0.5) is 4.79 Å². The molecule has 0 atom stereocenters. The van der Waals surface area contributed by atoms with Gasteiger partial charge in [-0.25, -0.2) is 9.69 Å². The van der Waals surface area contributed by atoms with Crippen molar-refractivity contribution in [3.8, 4) is 0 Å². The standard InChI is InChI=1S/C17H26N2O3/c1-16(2,3)22-15(21)19(14(20)11-18)12-17(4,5)13-9-7-6-8-10-13/h6-10H,11-12,18H2,1-5H3. The van der Waals surface area contributed by atoms with E-state index in [4.69, 9.17) is 10.5 Å². The summed E-state index contributed by atoms with van der Waals surface area (Å²) in [7, 11) is 0. The number of carbonyl (C=O) groups is 2. The second kappa shape index (κ2) is 6.92. The molecule has 122 valence electrons. The summed E-state index contributed by atoms with van der Waals surface area (Å²) in [5.74, 6) is -0.446. The number of rotatable bonds is 4. The molecule has 0 saturated carbocycles. The Morgan fingerprint density at radius 2 is 1.64 bits per heavy atom. The summed E-state index contributed by atoms with van der Waals surface area (Å²) in [6.45, 7) is 9.22. The average molecular weight is 306 g/mol. The molecule has 0 saturated heterocycles. The van der Waals surface area contributed by atoms with E-state index in [1.807, 2.05) is 44.2 Å². The maximum absolute atomic E-state index is 12.3. The summed E-state index contributed by atoms with van der Waals surface area (Å²) in [6, 6.07) is 9.73. The Labute approximate surface area is 132 Å². The van der Waals surface area contributed by atoms with Gasteiger partial charge < -0.3 is 10.5 Å². The lowest BCUT2D eigenvalue weighted by atomic mass is 9.84. The number of amides is 2. The first kappa shape index (κ1) is 18.2. The van der Waals surface area contributed by atoms with Crippen molar-refractivity contribution in [3.05, 3.63) is 35.9 Å². The van der Waals surface area contributed by atoms with Crippen LogP contribution >= 0.6 is 0 Å². The first-order valence-electron chi connectivity index (χ1n) is 7.36. The molecule has 0 spiro atoms. The number of benzene rings is 1. The minimum absolute atomic E-state index is 0.210. The van der Waals surface area contributed by atoms with E-state index in [-0.39, 0.29) is 13.1 Å². The molecule has 22 heavy (non-hydrogen) atoms. The van der Waals surface area contributed by atoms with Gasteiger partial charge in [-0.15, -0.1) is 0 Å². The molecule has 0 aliphatic rings. The molecule has 0 aliphatic heterocycles. The third-order valence-electron chi connectivity index (χ3n) is 3.20. The van der Waals surface area contributed by atoms with E-state index < -0.39 is 23.0 Å². The number of nitrogens with two attached hydrogens (primary N) is 1. The van der Waals surface area contributed by atoms with Crippen LogP contribution in [0.25, 0.3) is 0 Å². The van der Waals surface area contributed by atoms with Crippen LogP contribution in [0.3, 0.4) is 0 Å². The maximum Gasteiger partial charge on any atom is 0.417 e. The highest BCUT2D eigenvalue weighted by Crippen LogP contribution is 2.25. The van der Waals surface area contributed by atoms with E-state index in [0.29, 0.717) is 0 Å². The molecule has 0 heterocycles. The maximum atomic E-state index is 12.3. The van der Waals surface area contributed by atoms with Crippen LogP contribution in [0, 0.1) is 0 Å². The molecule has 5 nitrogen and oxygen atoms in total. The summed E-state index contributed by atoms with van der Waals surface area (Å²) in [5.41, 5.74) is 5.40. The van der Waals surface area contributed by atoms with Gasteiger partial charge in [0.1, 0.15) is 5.60 Å². The van der Waals surface area contributed by atoms with E-state index in [0.717, 1.165) is 10.5 Å². The topological polar surface area (TPSA) is 72.6 Å². The normalized spacial score (nSPS) is 11.9. The second-order valence-electron chi connectivity index (χ2n) is 6.91. The highest BCUT2D eigenvalue weighted by molar-refractivity contribution is 5.93. The molecule has 0 fully saturated rings. The van der Waals surface area contributed by atoms with Gasteiger partial charge >= 0.3 is 6.09 Å². The van der Waals surface area contributed by atoms with Gasteiger partial charge in [0.25, 0.3) is 0 Å². The van der Waals surface area contributed by atoms with Crippen molar-refractivity contribution in [1.82, 2.24) is 4.90 Å². The van der Waals surface area contributed by atoms with Gasteiger partial charge in [-0.2, -0.15) is 0 Å². The minimum atomic E-state index is -0.666. The van der Waals surface area contributed by atoms with Crippen molar-refractivity contribution in [1.29, 1.82) is 0 Å². The van der Waals surface area contributed by atoms with Crippen LogP contribution in [0.2, 0.25) is 0 Å². The Morgan fingerprint density at radius 1 is 1.09 bits per heavy atom. The summed E-state index contributed by atoms with van der Waals surface area (Å²) in [6.07, 6.45) is -0.660. The van der Waals surface area contributed by atoms with Crippen molar-refractivity contribution >= 4 is 12.0 Å². The van der Waals surface area contributed by atoms with Crippen LogP contribution in [-0.2, 0) is 14.9 Å². The Bertz CT molecular complexity index is 518. The van der Waals surface area contributed by atoms with Crippen molar-refractivity contribution in [2.45, 2.75) is 45.6 Å². The number of ether oxygens (including phenoxy) is 1. The molecule has 0 unspecified atom stereocenters. The third kappa shape index (κ3) is 5.15. The van der Waals surface area contributed by atoms with E-state index in [9.17, 15) is 9.59 Å². The van der Waals surface area contributed by atoms with Gasteiger partial charge in [0, 0.05) is 12.0 Å². The fourth-order valence-corrected chi connectivity index (χ4v) is 2.06. The summed E-state index contributed by atoms with van der Waals surface area (Å²) < 4.78 is 5.32. The number of nitrogens with zero attached hydrogens (tertiary/aromatic N) is 1. The van der Waals surface area contributed by atoms with Crippen LogP contribution < -0.4 is 5.73 Å². The molecule has 1 aromatic carbocycles. The Balaban J connectivity index is 2.99. The summed E-state index contributed by atoms with van der Waals surface area (Å²) in [5, 5.41) is 0. The van der Waals surface area contributed by atoms with E-state index in [1.54, 1.807) is 20.8 Å². The van der Waals surface area contributed by atoms with Crippen LogP contribution in [-0.4, -0.2) is 35.6 Å². The van der Waals surface area contributed by atoms with Crippen molar-refractivity contribution in [3.63, 3.8) is 0 Å². The molecule has 1 rings (SSSR count). The Kier molecular flexibility index (Phi) is 5.72. The van der Waals surface area contributed by atoms with E-state index in [1.165, 1.54) is 0 Å². The van der Waals surface area contributed by atoms with Gasteiger partial charge in [-0.05, 0) is 26.3 Å². The molecule has 2 amide bonds. The molecule has 0 aromatic heterocycles. The molecule has 0 aliphatic carbocycles. The highest BCUT2D eigenvalue weighted by Gasteiger charge is 2.32. The Morgan fingerprint density at radius 3 is 2.09 bits per heavy atom. The fourth-order valence-electron chi connectivity index (χ4n) is 2.06. The van der Waals surface area contributed by atoms with Crippen molar-refractivity contribution in [2.75, 3.05) is 13.1 Å². The van der Waals surface area contributed by atoms with Gasteiger partial charge in [0.2, 0.25) is 5.91 Å². The van der Waals surface area contributed by atoms with Crippen LogP contribution in [0.15, 0.2) is 30.3 Å². The third-order valence-corrected chi connectivity index (χ3v) is 3.20. The van der Waals surface area contributed by atoms with Gasteiger partial charge in [-0.3, -0.25) is 4.79 Å². The van der Waals surface area contributed by atoms with Gasteiger partial charge in [-0.1, -0.05) is 44.2 Å². The predicted octanol–water partition coefficient (Wildman–Crippen LogP) is 2.69. The largest absolute Gasteiger partial charge is 0.443 e. The predicted molar refractivity (Wildman–Crippen MR) is 86.5 cm³/mol. The first-order chi connectivity index (χ1) is 10.1. The van der Waals surface area contributed by atoms with Crippen LogP contribution in [0.1, 0.15) is 40.2 Å². The molecule has 1 aromatic rings. The number of carbonyl (C=O) groups excluding carboxylic acids is 2. The highest BCUT2D eigenvalue weighted by atomic mass is 16.6. The second-order valence-corrected chi connectivity index (χ2v) is 6.91. The zero-order valence-corrected chi connectivity index (χ0v) is 14.1. The molecule has 0 radical (unpaired) electrons. The number of hydrogen-bond acceptors (Lipinski definition) is 4. The summed E-state index contributed by atoms with van der Waals surface area (Å²) in [4.78, 5) is 25.4. The van der Waals surface area contributed by atoms with Crippen molar-refractivity contribution in [2.24, 2.45) is 5.73 Å². The SMILES string of the molecule is CC(C)(C)OC(=O)N(CC(C)(C)c1ccccc1)C(=O)CN. The Hall–Kier alpha value is -1.88. The van der Waals surface area contributed by atoms with E-state index >= 15 is 0 Å². The lowest BCUT2D eigenvalue weighted by Crippen LogP contribution is -2.48. The quantitative estimate of drug-likeness (QED) is 0.928. The minimum Gasteiger partial charge on any atom is -0.443 e. The summed E-state index contributed by atoms with van der Waals surface area (Å²) >= 11 is 0. The average Bonchev–Trinajstić information content (AvgIpc) is 2.43. The number of hydrogen-bond donors (Lipinski definition) is 1. The van der Waals surface area contributed by atoms with Gasteiger partial charge in [0.05, 0.1) is 6.54 Å². The lowest BCUT2D eigenvalue weighted by Gasteiger charge is -2.33. The fraction of sp³-hybridized carbons (Fsp3) is 0.529. The zero-order chi connectivity index (χ0) is 17.0. The smallest absolute Gasteiger partial charge is 0.417 e. The van der Waals surface area contributed by atoms with Crippen molar-refractivity contribution < 1.29 is 14.3 Å². The lowest BCUT2D eigenvalue weighted by molar-refractivity contribution is -0.129. The van der Waals surface area contributed by atoms with E-state index in [2.05, 4.69) is 0 Å². The molecule has 0 bridgehead atoms.